The molecule has 2 fully saturated rings. The molecule has 31 heavy (non-hydrogen) atoms. The van der Waals surface area contributed by atoms with Crippen LogP contribution in [0.4, 0.5) is 5.69 Å². The second-order valence-corrected chi connectivity index (χ2v) is 8.64. The number of hydrogen-bond donors (Lipinski definition) is 1. The third-order valence-corrected chi connectivity index (χ3v) is 6.66. The minimum Gasteiger partial charge on any atom is -0.494 e. The first kappa shape index (κ1) is 20.1. The number of aromatic nitrogens is 2. The topological polar surface area (TPSA) is 42.3 Å². The van der Waals surface area contributed by atoms with Gasteiger partial charge in [0.1, 0.15) is 5.75 Å². The van der Waals surface area contributed by atoms with Gasteiger partial charge in [-0.3, -0.25) is 4.98 Å². The Hall–Kier alpha value is -2.86. The first-order valence-corrected chi connectivity index (χ1v) is 11.6. The molecule has 3 heterocycles. The number of ether oxygens (including phenoxy) is 1. The molecule has 0 unspecified atom stereocenters. The molecule has 1 aromatic carbocycles. The van der Waals surface area contributed by atoms with Crippen LogP contribution in [0, 0.1) is 0 Å². The maximum absolute atomic E-state index is 5.82. The maximum atomic E-state index is 5.82. The summed E-state index contributed by atoms with van der Waals surface area (Å²) in [5.41, 5.74) is 3.30. The standard InChI is InChI=1S/C25H28N4OS/c1-2-30-21-12-10-20(11-13-21)29-24(18-14-16-28(17-18)19-7-3-4-8-19)23(27-25(29)31)22-9-5-6-15-26-22/h5-6,9-17,19,23-24H,2-4,7-8H2,1H3,(H,27,31)/t23-,24-/m0/s1. The average molecular weight is 433 g/mol. The fourth-order valence-electron chi connectivity index (χ4n) is 4.88. The molecule has 0 bridgehead atoms. The van der Waals surface area contributed by atoms with Gasteiger partial charge in [-0.2, -0.15) is 0 Å². The maximum Gasteiger partial charge on any atom is 0.174 e. The number of thiocarbonyl (C=S) groups is 1. The molecule has 160 valence electrons. The second kappa shape index (κ2) is 8.71. The zero-order valence-electron chi connectivity index (χ0n) is 17.8. The molecule has 2 aromatic heterocycles. The van der Waals surface area contributed by atoms with Gasteiger partial charge in [-0.25, -0.2) is 0 Å². The molecule has 1 N–H and O–H groups in total. The van der Waals surface area contributed by atoms with Gasteiger partial charge in [-0.15, -0.1) is 0 Å². The Bertz CT molecular complexity index is 1030. The van der Waals surface area contributed by atoms with E-state index in [0.29, 0.717) is 12.6 Å². The van der Waals surface area contributed by atoms with Crippen LogP contribution in [0.2, 0.25) is 0 Å². The smallest absolute Gasteiger partial charge is 0.174 e. The summed E-state index contributed by atoms with van der Waals surface area (Å²) in [6.07, 6.45) is 11.6. The fourth-order valence-corrected chi connectivity index (χ4v) is 5.22. The summed E-state index contributed by atoms with van der Waals surface area (Å²) in [6.45, 7) is 2.65. The van der Waals surface area contributed by atoms with Gasteiger partial charge in [0.25, 0.3) is 0 Å². The zero-order valence-corrected chi connectivity index (χ0v) is 18.6. The summed E-state index contributed by atoms with van der Waals surface area (Å²) >= 11 is 5.82. The van der Waals surface area contributed by atoms with Gasteiger partial charge in [0.2, 0.25) is 0 Å². The highest BCUT2D eigenvalue weighted by atomic mass is 32.1. The van der Waals surface area contributed by atoms with Crippen LogP contribution in [0.5, 0.6) is 5.75 Å². The molecule has 5 nitrogen and oxygen atoms in total. The molecule has 0 radical (unpaired) electrons. The highest BCUT2D eigenvalue weighted by Crippen LogP contribution is 2.42. The SMILES string of the molecule is CCOc1ccc(N2C(=S)N[C@@H](c3ccccn3)[C@@H]2c2ccn(C3CCCC3)c2)cc1. The van der Waals surface area contributed by atoms with Crippen molar-refractivity contribution < 1.29 is 4.74 Å². The minimum atomic E-state index is -0.0142. The van der Waals surface area contributed by atoms with Gasteiger partial charge in [0.05, 0.1) is 24.4 Å². The summed E-state index contributed by atoms with van der Waals surface area (Å²) in [5, 5.41) is 4.26. The molecule has 2 aliphatic rings. The predicted octanol–water partition coefficient (Wildman–Crippen LogP) is 5.57. The Kier molecular flexibility index (Phi) is 5.64. The van der Waals surface area contributed by atoms with Gasteiger partial charge in [-0.05, 0) is 80.0 Å². The summed E-state index contributed by atoms with van der Waals surface area (Å²) < 4.78 is 8.03. The highest BCUT2D eigenvalue weighted by molar-refractivity contribution is 7.80. The van der Waals surface area contributed by atoms with E-state index in [4.69, 9.17) is 17.0 Å². The first-order valence-electron chi connectivity index (χ1n) is 11.2. The van der Waals surface area contributed by atoms with Crippen molar-refractivity contribution in [1.82, 2.24) is 14.9 Å². The van der Waals surface area contributed by atoms with Crippen LogP contribution in [0.25, 0.3) is 0 Å². The Morgan fingerprint density at radius 1 is 1.10 bits per heavy atom. The lowest BCUT2D eigenvalue weighted by molar-refractivity contribution is 0.340. The largest absolute Gasteiger partial charge is 0.494 e. The first-order chi connectivity index (χ1) is 15.2. The summed E-state index contributed by atoms with van der Waals surface area (Å²) in [6, 6.07) is 17.1. The minimum absolute atomic E-state index is 0.0142. The molecular formula is C25H28N4OS. The third-order valence-electron chi connectivity index (χ3n) is 6.35. The van der Waals surface area contributed by atoms with Crippen molar-refractivity contribution in [1.29, 1.82) is 0 Å². The molecule has 1 aliphatic carbocycles. The Morgan fingerprint density at radius 2 is 1.90 bits per heavy atom. The van der Waals surface area contributed by atoms with E-state index >= 15 is 0 Å². The number of rotatable bonds is 6. The van der Waals surface area contributed by atoms with Crippen LogP contribution in [0.3, 0.4) is 0 Å². The van der Waals surface area contributed by atoms with E-state index in [1.165, 1.54) is 31.2 Å². The molecule has 5 rings (SSSR count). The molecule has 0 spiro atoms. The molecule has 2 atom stereocenters. The van der Waals surface area contributed by atoms with Crippen LogP contribution >= 0.6 is 12.2 Å². The number of benzene rings is 1. The lowest BCUT2D eigenvalue weighted by atomic mass is 9.98. The Balaban J connectivity index is 1.53. The number of hydrogen-bond acceptors (Lipinski definition) is 3. The number of pyridine rings is 1. The van der Waals surface area contributed by atoms with Gasteiger partial charge in [-0.1, -0.05) is 18.9 Å². The van der Waals surface area contributed by atoms with Crippen molar-refractivity contribution in [2.24, 2.45) is 0 Å². The summed E-state index contributed by atoms with van der Waals surface area (Å²) in [4.78, 5) is 6.87. The van der Waals surface area contributed by atoms with E-state index in [0.717, 1.165) is 22.2 Å². The van der Waals surface area contributed by atoms with Crippen LogP contribution in [-0.4, -0.2) is 21.3 Å². The van der Waals surface area contributed by atoms with Crippen LogP contribution in [0.15, 0.2) is 67.1 Å². The third kappa shape index (κ3) is 3.92. The van der Waals surface area contributed by atoms with E-state index in [1.807, 2.05) is 37.4 Å². The van der Waals surface area contributed by atoms with Crippen molar-refractivity contribution in [3.63, 3.8) is 0 Å². The fraction of sp³-hybridized carbons (Fsp3) is 0.360. The van der Waals surface area contributed by atoms with Crippen molar-refractivity contribution >= 4 is 23.0 Å². The lowest BCUT2D eigenvalue weighted by Gasteiger charge is -2.27. The number of nitrogens with one attached hydrogen (secondary N) is 1. The van der Waals surface area contributed by atoms with Crippen LogP contribution in [0.1, 0.15) is 62.0 Å². The quantitative estimate of drug-likeness (QED) is 0.516. The second-order valence-electron chi connectivity index (χ2n) is 8.25. The molecule has 6 heteroatoms. The summed E-state index contributed by atoms with van der Waals surface area (Å²) in [5.74, 6) is 0.870. The van der Waals surface area contributed by atoms with Gasteiger partial charge in [0.15, 0.2) is 5.11 Å². The molecule has 1 aliphatic heterocycles. The number of anilines is 1. The molecule has 1 saturated carbocycles. The van der Waals surface area contributed by atoms with Crippen LogP contribution < -0.4 is 15.0 Å². The van der Waals surface area contributed by atoms with Crippen molar-refractivity contribution in [3.8, 4) is 5.75 Å². The molecule has 1 saturated heterocycles. The zero-order chi connectivity index (χ0) is 21.2. The van der Waals surface area contributed by atoms with Crippen molar-refractivity contribution in [2.75, 3.05) is 11.5 Å². The summed E-state index contributed by atoms with van der Waals surface area (Å²) in [7, 11) is 0. The monoisotopic (exact) mass is 432 g/mol. The van der Waals surface area contributed by atoms with E-state index in [1.54, 1.807) is 0 Å². The van der Waals surface area contributed by atoms with Crippen molar-refractivity contribution in [3.05, 3.63) is 78.4 Å². The van der Waals surface area contributed by atoms with Gasteiger partial charge in [0, 0.05) is 30.3 Å². The highest BCUT2D eigenvalue weighted by Gasteiger charge is 2.41. The lowest BCUT2D eigenvalue weighted by Crippen LogP contribution is -2.29. The van der Waals surface area contributed by atoms with Crippen molar-refractivity contribution in [2.45, 2.75) is 50.7 Å². The van der Waals surface area contributed by atoms with E-state index in [-0.39, 0.29) is 12.1 Å². The predicted molar refractivity (Wildman–Crippen MR) is 127 cm³/mol. The van der Waals surface area contributed by atoms with Gasteiger partial charge >= 0.3 is 0 Å². The Morgan fingerprint density at radius 3 is 2.61 bits per heavy atom. The van der Waals surface area contributed by atoms with E-state index in [9.17, 15) is 0 Å². The molecule has 0 amide bonds. The van der Waals surface area contributed by atoms with Gasteiger partial charge < -0.3 is 19.5 Å². The average Bonchev–Trinajstić information content (AvgIpc) is 3.55. The molecular weight excluding hydrogens is 404 g/mol. The van der Waals surface area contributed by atoms with E-state index in [2.05, 4.69) is 56.4 Å². The normalized spacial score (nSPS) is 21.5. The number of nitrogens with zero attached hydrogens (tertiary/aromatic N) is 3. The molecule has 3 aromatic rings. The van der Waals surface area contributed by atoms with E-state index < -0.39 is 0 Å². The van der Waals surface area contributed by atoms with Crippen LogP contribution in [-0.2, 0) is 0 Å². The Labute approximate surface area is 189 Å².